The van der Waals surface area contributed by atoms with Crippen molar-refractivity contribution in [1.82, 2.24) is 9.62 Å². The van der Waals surface area contributed by atoms with Crippen LogP contribution >= 0.6 is 0 Å². The zero-order valence-corrected chi connectivity index (χ0v) is 18.6. The Morgan fingerprint density at radius 3 is 2.19 bits per heavy atom. The lowest BCUT2D eigenvalue weighted by atomic mass is 9.95. The first-order valence-electron chi connectivity index (χ1n) is 9.83. The maximum absolute atomic E-state index is 12.9. The fourth-order valence-corrected chi connectivity index (χ4v) is 4.45. The Balaban J connectivity index is 1.79. The maximum atomic E-state index is 12.9. The number of amides is 1. The standard InChI is InChI=1S/C24H26N2O4S/c1-18-9-7-8-12-22(18)24(19-10-5-4-6-11-19)25-23(27)17-26(2)31(28,29)21-15-13-20(30-3)14-16-21/h4-16,24H,17H2,1-3H3,(H,25,27)/t24-/m0/s1. The number of methoxy groups -OCH3 is 1. The van der Waals surface area contributed by atoms with Crippen molar-refractivity contribution in [2.75, 3.05) is 20.7 Å². The highest BCUT2D eigenvalue weighted by molar-refractivity contribution is 7.89. The average molecular weight is 439 g/mol. The third-order valence-corrected chi connectivity index (χ3v) is 6.89. The van der Waals surface area contributed by atoms with Crippen LogP contribution in [-0.2, 0) is 14.8 Å². The minimum absolute atomic E-state index is 0.0992. The summed E-state index contributed by atoms with van der Waals surface area (Å²) in [7, 11) is -0.911. The first-order valence-corrected chi connectivity index (χ1v) is 11.3. The Labute approximate surface area is 183 Å². The largest absolute Gasteiger partial charge is 0.497 e. The molecule has 31 heavy (non-hydrogen) atoms. The molecule has 3 aromatic carbocycles. The highest BCUT2D eigenvalue weighted by atomic mass is 32.2. The number of aryl methyl sites for hydroxylation is 1. The van der Waals surface area contributed by atoms with E-state index in [1.807, 2.05) is 61.5 Å². The van der Waals surface area contributed by atoms with Gasteiger partial charge in [-0.05, 0) is 47.9 Å². The summed E-state index contributed by atoms with van der Waals surface area (Å²) in [6.07, 6.45) is 0. The van der Waals surface area contributed by atoms with E-state index >= 15 is 0 Å². The van der Waals surface area contributed by atoms with Gasteiger partial charge < -0.3 is 10.1 Å². The summed E-state index contributed by atoms with van der Waals surface area (Å²) in [6, 6.07) is 23.1. The van der Waals surface area contributed by atoms with Gasteiger partial charge in [0, 0.05) is 7.05 Å². The molecular formula is C24H26N2O4S. The summed E-state index contributed by atoms with van der Waals surface area (Å²) in [5.41, 5.74) is 2.92. The first kappa shape index (κ1) is 22.5. The minimum atomic E-state index is -3.82. The van der Waals surface area contributed by atoms with E-state index in [1.54, 1.807) is 12.1 Å². The van der Waals surface area contributed by atoms with Gasteiger partial charge in [0.25, 0.3) is 0 Å². The number of ether oxygens (including phenoxy) is 1. The Morgan fingerprint density at radius 1 is 0.968 bits per heavy atom. The molecule has 0 heterocycles. The molecule has 0 spiro atoms. The normalized spacial score (nSPS) is 12.4. The van der Waals surface area contributed by atoms with Crippen LogP contribution in [-0.4, -0.2) is 39.3 Å². The van der Waals surface area contributed by atoms with Crippen LogP contribution in [0.25, 0.3) is 0 Å². The summed E-state index contributed by atoms with van der Waals surface area (Å²) >= 11 is 0. The molecule has 0 saturated carbocycles. The monoisotopic (exact) mass is 438 g/mol. The van der Waals surface area contributed by atoms with Crippen molar-refractivity contribution < 1.29 is 17.9 Å². The highest BCUT2D eigenvalue weighted by Gasteiger charge is 2.25. The highest BCUT2D eigenvalue weighted by Crippen LogP contribution is 2.25. The molecule has 0 aromatic heterocycles. The quantitative estimate of drug-likeness (QED) is 0.584. The average Bonchev–Trinajstić information content (AvgIpc) is 2.78. The smallest absolute Gasteiger partial charge is 0.243 e. The number of hydrogen-bond acceptors (Lipinski definition) is 4. The predicted octanol–water partition coefficient (Wildman–Crippen LogP) is 3.53. The second-order valence-electron chi connectivity index (χ2n) is 7.20. The molecule has 0 bridgehead atoms. The van der Waals surface area contributed by atoms with Gasteiger partial charge >= 0.3 is 0 Å². The Hall–Kier alpha value is -3.16. The van der Waals surface area contributed by atoms with Crippen LogP contribution in [0.15, 0.2) is 83.8 Å². The van der Waals surface area contributed by atoms with Gasteiger partial charge in [-0.15, -0.1) is 0 Å². The lowest BCUT2D eigenvalue weighted by molar-refractivity contribution is -0.121. The van der Waals surface area contributed by atoms with Gasteiger partial charge in [0.2, 0.25) is 15.9 Å². The van der Waals surface area contributed by atoms with Gasteiger partial charge in [0.1, 0.15) is 5.75 Å². The molecule has 0 radical (unpaired) electrons. The van der Waals surface area contributed by atoms with Crippen LogP contribution in [0.2, 0.25) is 0 Å². The number of carbonyl (C=O) groups is 1. The number of sulfonamides is 1. The van der Waals surface area contributed by atoms with Gasteiger partial charge in [-0.2, -0.15) is 4.31 Å². The van der Waals surface area contributed by atoms with Gasteiger partial charge in [-0.1, -0.05) is 54.6 Å². The second-order valence-corrected chi connectivity index (χ2v) is 9.25. The van der Waals surface area contributed by atoms with Crippen molar-refractivity contribution in [1.29, 1.82) is 0 Å². The Kier molecular flexibility index (Phi) is 7.09. The van der Waals surface area contributed by atoms with E-state index in [9.17, 15) is 13.2 Å². The lowest BCUT2D eigenvalue weighted by Gasteiger charge is -2.23. The number of hydrogen-bond donors (Lipinski definition) is 1. The first-order chi connectivity index (χ1) is 14.8. The van der Waals surface area contributed by atoms with Gasteiger partial charge in [0.05, 0.1) is 24.6 Å². The van der Waals surface area contributed by atoms with Crippen LogP contribution in [0.3, 0.4) is 0 Å². The van der Waals surface area contributed by atoms with Crippen molar-refractivity contribution in [2.45, 2.75) is 17.9 Å². The van der Waals surface area contributed by atoms with Crippen LogP contribution in [0.5, 0.6) is 5.75 Å². The predicted molar refractivity (Wildman–Crippen MR) is 120 cm³/mol. The van der Waals surface area contributed by atoms with E-state index in [0.717, 1.165) is 21.0 Å². The molecule has 7 heteroatoms. The SMILES string of the molecule is COc1ccc(S(=O)(=O)N(C)CC(=O)N[C@@H](c2ccccc2)c2ccccc2C)cc1. The third kappa shape index (κ3) is 5.31. The van der Waals surface area contributed by atoms with E-state index < -0.39 is 15.9 Å². The van der Waals surface area contributed by atoms with Crippen LogP contribution in [0.1, 0.15) is 22.7 Å². The van der Waals surface area contributed by atoms with Crippen molar-refractivity contribution in [3.8, 4) is 5.75 Å². The molecule has 1 amide bonds. The molecule has 6 nitrogen and oxygen atoms in total. The summed E-state index contributed by atoms with van der Waals surface area (Å²) in [6.45, 7) is 1.68. The Morgan fingerprint density at radius 2 is 1.58 bits per heavy atom. The van der Waals surface area contributed by atoms with Crippen LogP contribution in [0, 0.1) is 6.92 Å². The minimum Gasteiger partial charge on any atom is -0.497 e. The molecule has 1 atom stereocenters. The zero-order valence-electron chi connectivity index (χ0n) is 17.8. The van der Waals surface area contributed by atoms with E-state index in [2.05, 4.69) is 5.32 Å². The molecule has 0 fully saturated rings. The fraction of sp³-hybridized carbons (Fsp3) is 0.208. The van der Waals surface area contributed by atoms with Crippen molar-refractivity contribution in [2.24, 2.45) is 0 Å². The molecule has 0 unspecified atom stereocenters. The summed E-state index contributed by atoms with van der Waals surface area (Å²) in [4.78, 5) is 13.0. The number of nitrogens with one attached hydrogen (secondary N) is 1. The molecule has 0 aliphatic carbocycles. The van der Waals surface area contributed by atoms with E-state index in [0.29, 0.717) is 5.75 Å². The molecule has 0 aliphatic rings. The molecule has 0 saturated heterocycles. The molecule has 162 valence electrons. The van der Waals surface area contributed by atoms with Crippen LogP contribution in [0.4, 0.5) is 0 Å². The number of likely N-dealkylation sites (N-methyl/N-ethyl adjacent to an activating group) is 1. The molecule has 3 aromatic rings. The number of benzene rings is 3. The Bertz CT molecular complexity index is 1130. The summed E-state index contributed by atoms with van der Waals surface area (Å²) in [5, 5.41) is 3.00. The second kappa shape index (κ2) is 9.76. The zero-order chi connectivity index (χ0) is 22.4. The maximum Gasteiger partial charge on any atom is 0.243 e. The molecular weight excluding hydrogens is 412 g/mol. The van der Waals surface area contributed by atoms with Crippen LogP contribution < -0.4 is 10.1 Å². The third-order valence-electron chi connectivity index (χ3n) is 5.07. The molecule has 1 N–H and O–H groups in total. The number of carbonyl (C=O) groups excluding carboxylic acids is 1. The van der Waals surface area contributed by atoms with Crippen molar-refractivity contribution >= 4 is 15.9 Å². The fourth-order valence-electron chi connectivity index (χ4n) is 3.32. The van der Waals surface area contributed by atoms with Gasteiger partial charge in [0.15, 0.2) is 0 Å². The van der Waals surface area contributed by atoms with Gasteiger partial charge in [-0.25, -0.2) is 8.42 Å². The molecule has 0 aliphatic heterocycles. The number of nitrogens with zero attached hydrogens (tertiary/aromatic N) is 1. The van der Waals surface area contributed by atoms with Crippen molar-refractivity contribution in [3.05, 3.63) is 95.6 Å². The van der Waals surface area contributed by atoms with E-state index in [1.165, 1.54) is 26.3 Å². The lowest BCUT2D eigenvalue weighted by Crippen LogP contribution is -2.40. The number of rotatable bonds is 8. The van der Waals surface area contributed by atoms with Crippen molar-refractivity contribution in [3.63, 3.8) is 0 Å². The topological polar surface area (TPSA) is 75.7 Å². The van der Waals surface area contributed by atoms with Gasteiger partial charge in [-0.3, -0.25) is 4.79 Å². The summed E-state index contributed by atoms with van der Waals surface area (Å²) < 4.78 is 31.8. The molecule has 3 rings (SSSR count). The van der Waals surface area contributed by atoms with E-state index in [-0.39, 0.29) is 17.5 Å². The summed E-state index contributed by atoms with van der Waals surface area (Å²) in [5.74, 6) is 0.167. The van der Waals surface area contributed by atoms with E-state index in [4.69, 9.17) is 4.74 Å².